The Bertz CT molecular complexity index is 460. The van der Waals surface area contributed by atoms with Gasteiger partial charge in [-0.05, 0) is 0 Å². The summed E-state index contributed by atoms with van der Waals surface area (Å²) >= 11 is 1.51. The quantitative estimate of drug-likeness (QED) is 0.665. The van der Waals surface area contributed by atoms with Crippen LogP contribution in [0.3, 0.4) is 0 Å². The summed E-state index contributed by atoms with van der Waals surface area (Å²) < 4.78 is 4.80. The van der Waals surface area contributed by atoms with Crippen LogP contribution < -0.4 is 5.43 Å². The van der Waals surface area contributed by atoms with Crippen LogP contribution in [0.1, 0.15) is 33.4 Å². The van der Waals surface area contributed by atoms with Crippen LogP contribution in [0.2, 0.25) is 0 Å². The number of pyridine rings is 1. The minimum absolute atomic E-state index is 0.00952. The van der Waals surface area contributed by atoms with Gasteiger partial charge < -0.3 is 9.72 Å². The van der Waals surface area contributed by atoms with Crippen LogP contribution in [0, 0.1) is 0 Å². The van der Waals surface area contributed by atoms with Crippen LogP contribution >= 0.6 is 11.8 Å². The Hall–Kier alpha value is -1.23. The summed E-state index contributed by atoms with van der Waals surface area (Å²) in [6, 6.07) is 1.47. The third-order valence-electron chi connectivity index (χ3n) is 1.78. The van der Waals surface area contributed by atoms with Crippen molar-refractivity contribution in [3.63, 3.8) is 0 Å². The van der Waals surface area contributed by atoms with Crippen molar-refractivity contribution in [2.75, 3.05) is 0 Å². The second kappa shape index (κ2) is 5.40. The summed E-state index contributed by atoms with van der Waals surface area (Å²) in [5.41, 5.74) is 0.550. The normalized spacial score (nSPS) is 11.3. The van der Waals surface area contributed by atoms with Crippen molar-refractivity contribution in [2.45, 2.75) is 43.9 Å². The molecule has 4 nitrogen and oxygen atoms in total. The number of thioether (sulfide) groups is 1. The smallest absolute Gasteiger partial charge is 0.303 e. The number of H-pyrrole nitrogens is 1. The molecule has 0 saturated carbocycles. The summed E-state index contributed by atoms with van der Waals surface area (Å²) in [6.45, 7) is 7.57. The summed E-state index contributed by atoms with van der Waals surface area (Å²) in [4.78, 5) is 26.0. The van der Waals surface area contributed by atoms with E-state index in [1.54, 1.807) is 6.20 Å². The highest BCUT2D eigenvalue weighted by Crippen LogP contribution is 2.28. The average Bonchev–Trinajstić information content (AvgIpc) is 2.17. The zero-order valence-corrected chi connectivity index (χ0v) is 11.3. The Morgan fingerprint density at radius 1 is 1.47 bits per heavy atom. The van der Waals surface area contributed by atoms with Crippen molar-refractivity contribution in [1.29, 1.82) is 0 Å². The Morgan fingerprint density at radius 2 is 2.12 bits per heavy atom. The van der Waals surface area contributed by atoms with Gasteiger partial charge >= 0.3 is 5.97 Å². The third-order valence-corrected chi connectivity index (χ3v) is 2.94. The van der Waals surface area contributed by atoms with Gasteiger partial charge in [-0.1, -0.05) is 20.8 Å². The van der Waals surface area contributed by atoms with E-state index in [4.69, 9.17) is 4.74 Å². The molecule has 0 aliphatic heterocycles. The van der Waals surface area contributed by atoms with Crippen LogP contribution in [-0.2, 0) is 16.1 Å². The molecule has 1 rings (SSSR count). The van der Waals surface area contributed by atoms with Gasteiger partial charge in [0.2, 0.25) is 0 Å². The van der Waals surface area contributed by atoms with E-state index in [1.807, 2.05) is 20.8 Å². The van der Waals surface area contributed by atoms with Crippen molar-refractivity contribution >= 4 is 17.7 Å². The predicted octanol–water partition coefficient (Wildman–Crippen LogP) is 2.33. The van der Waals surface area contributed by atoms with E-state index in [-0.39, 0.29) is 22.8 Å². The summed E-state index contributed by atoms with van der Waals surface area (Å²) in [5.74, 6) is -0.362. The molecule has 1 N–H and O–H groups in total. The molecule has 0 unspecified atom stereocenters. The van der Waals surface area contributed by atoms with Crippen LogP contribution in [0.4, 0.5) is 0 Å². The molecule has 0 radical (unpaired) electrons. The first-order chi connectivity index (χ1) is 7.78. The molecule has 0 aromatic carbocycles. The second-order valence-electron chi connectivity index (χ2n) is 4.68. The second-order valence-corrected chi connectivity index (χ2v) is 6.55. The van der Waals surface area contributed by atoms with Crippen LogP contribution in [0.25, 0.3) is 0 Å². The van der Waals surface area contributed by atoms with Crippen molar-refractivity contribution in [1.82, 2.24) is 4.98 Å². The number of nitrogens with one attached hydrogen (secondary N) is 1. The van der Waals surface area contributed by atoms with E-state index in [0.717, 1.165) is 0 Å². The predicted molar refractivity (Wildman–Crippen MR) is 68.1 cm³/mol. The van der Waals surface area contributed by atoms with Gasteiger partial charge in [0.15, 0.2) is 5.43 Å². The number of aromatic amines is 1. The number of rotatable bonds is 3. The Morgan fingerprint density at radius 3 is 2.59 bits per heavy atom. The maximum atomic E-state index is 11.8. The molecule has 1 aromatic rings. The lowest BCUT2D eigenvalue weighted by molar-refractivity contribution is -0.142. The molecular formula is C12H17NO3S. The van der Waals surface area contributed by atoms with E-state index in [9.17, 15) is 9.59 Å². The SMILES string of the molecule is CC(=O)OCc1cc(=O)c(SC(C)(C)C)c[nH]1. The first-order valence-corrected chi connectivity index (χ1v) is 6.13. The fraction of sp³-hybridized carbons (Fsp3) is 0.500. The highest BCUT2D eigenvalue weighted by Gasteiger charge is 2.14. The van der Waals surface area contributed by atoms with Crippen molar-refractivity contribution in [2.24, 2.45) is 0 Å². The fourth-order valence-corrected chi connectivity index (χ4v) is 2.11. The lowest BCUT2D eigenvalue weighted by Crippen LogP contribution is -2.14. The number of carbonyl (C=O) groups is 1. The van der Waals surface area contributed by atoms with Crippen molar-refractivity contribution < 1.29 is 9.53 Å². The Labute approximate surface area is 105 Å². The minimum atomic E-state index is -0.362. The Balaban J connectivity index is 2.80. The zero-order chi connectivity index (χ0) is 13.1. The first-order valence-electron chi connectivity index (χ1n) is 5.32. The Kier molecular flexibility index (Phi) is 4.40. The van der Waals surface area contributed by atoms with Gasteiger partial charge in [-0.2, -0.15) is 0 Å². The topological polar surface area (TPSA) is 59.2 Å². The van der Waals surface area contributed by atoms with Crippen molar-refractivity contribution in [3.8, 4) is 0 Å². The molecule has 5 heteroatoms. The lowest BCUT2D eigenvalue weighted by atomic mass is 10.3. The molecule has 0 saturated heterocycles. The molecule has 94 valence electrons. The van der Waals surface area contributed by atoms with Gasteiger partial charge in [0.05, 0.1) is 10.6 Å². The minimum Gasteiger partial charge on any atom is -0.459 e. The molecule has 0 fully saturated rings. The van der Waals surface area contributed by atoms with Gasteiger partial charge in [-0.25, -0.2) is 0 Å². The maximum absolute atomic E-state index is 11.8. The monoisotopic (exact) mass is 255 g/mol. The van der Waals surface area contributed by atoms with Gasteiger partial charge in [0.25, 0.3) is 0 Å². The number of hydrogen-bond donors (Lipinski definition) is 1. The average molecular weight is 255 g/mol. The summed E-state index contributed by atoms with van der Waals surface area (Å²) in [7, 11) is 0. The fourth-order valence-electron chi connectivity index (χ4n) is 1.17. The number of aromatic nitrogens is 1. The molecule has 0 aliphatic rings. The van der Waals surface area contributed by atoms with Gasteiger partial charge in [-0.15, -0.1) is 11.8 Å². The molecule has 0 bridgehead atoms. The van der Waals surface area contributed by atoms with Crippen LogP contribution in [0.5, 0.6) is 0 Å². The van der Waals surface area contributed by atoms with E-state index in [1.165, 1.54) is 24.8 Å². The third kappa shape index (κ3) is 5.08. The zero-order valence-electron chi connectivity index (χ0n) is 10.5. The molecule has 0 amide bonds. The maximum Gasteiger partial charge on any atom is 0.303 e. The molecule has 1 aromatic heterocycles. The van der Waals surface area contributed by atoms with Crippen molar-refractivity contribution in [3.05, 3.63) is 28.2 Å². The highest BCUT2D eigenvalue weighted by molar-refractivity contribution is 8.00. The van der Waals surface area contributed by atoms with E-state index >= 15 is 0 Å². The van der Waals surface area contributed by atoms with Gasteiger partial charge in [-0.3, -0.25) is 9.59 Å². The van der Waals surface area contributed by atoms with Gasteiger partial charge in [0, 0.05) is 23.9 Å². The van der Waals surface area contributed by atoms with E-state index in [2.05, 4.69) is 4.98 Å². The molecule has 0 spiro atoms. The molecular weight excluding hydrogens is 238 g/mol. The molecule has 1 heterocycles. The van der Waals surface area contributed by atoms with Gasteiger partial charge in [0.1, 0.15) is 6.61 Å². The molecule has 0 atom stereocenters. The standard InChI is InChI=1S/C12H17NO3S/c1-8(14)16-7-9-5-10(15)11(6-13-9)17-12(2,3)4/h5-6H,7H2,1-4H3,(H,13,15). The lowest BCUT2D eigenvalue weighted by Gasteiger charge is -2.16. The number of ether oxygens (including phenoxy) is 1. The van der Waals surface area contributed by atoms with E-state index < -0.39 is 0 Å². The largest absolute Gasteiger partial charge is 0.459 e. The van der Waals surface area contributed by atoms with Crippen LogP contribution in [-0.4, -0.2) is 15.7 Å². The number of esters is 1. The van der Waals surface area contributed by atoms with Crippen LogP contribution in [0.15, 0.2) is 22.0 Å². The molecule has 0 aliphatic carbocycles. The highest BCUT2D eigenvalue weighted by atomic mass is 32.2. The number of carbonyl (C=O) groups excluding carboxylic acids is 1. The first kappa shape index (κ1) is 13.8. The van der Waals surface area contributed by atoms with E-state index in [0.29, 0.717) is 10.6 Å². The summed E-state index contributed by atoms with van der Waals surface area (Å²) in [5, 5.41) is 0. The number of hydrogen-bond acceptors (Lipinski definition) is 4. The molecule has 17 heavy (non-hydrogen) atoms. The summed E-state index contributed by atoms with van der Waals surface area (Å²) in [6.07, 6.45) is 1.66.